The Labute approximate surface area is 376 Å². The summed E-state index contributed by atoms with van der Waals surface area (Å²) in [6.45, 7) is 0. The molecule has 0 unspecified atom stereocenters. The van der Waals surface area contributed by atoms with Gasteiger partial charge in [0.15, 0.2) is 22.8 Å². The fourth-order valence-corrected chi connectivity index (χ4v) is 11.2. The van der Waals surface area contributed by atoms with Crippen LogP contribution in [0.5, 0.6) is 11.5 Å². The third kappa shape index (κ3) is 6.28. The quantitative estimate of drug-likeness (QED) is 0.112. The van der Waals surface area contributed by atoms with Gasteiger partial charge in [0.05, 0.1) is 23.2 Å². The number of unbranched alkanes of at least 4 members (excludes halogenated alkanes) is 1. The van der Waals surface area contributed by atoms with Crippen LogP contribution in [0.3, 0.4) is 0 Å². The molecule has 0 saturated heterocycles. The van der Waals surface area contributed by atoms with E-state index in [1.165, 1.54) is 62.3 Å². The summed E-state index contributed by atoms with van der Waals surface area (Å²) in [5.41, 5.74) is 4.01. The van der Waals surface area contributed by atoms with Gasteiger partial charge in [-0.2, -0.15) is 0 Å². The number of aromatic hydroxyl groups is 2. The van der Waals surface area contributed by atoms with Gasteiger partial charge in [-0.3, -0.25) is 38.6 Å². The zero-order valence-corrected chi connectivity index (χ0v) is 36.1. The molecule has 2 aromatic rings. The predicted octanol–water partition coefficient (Wildman–Crippen LogP) is 0.738. The first-order valence-electron chi connectivity index (χ1n) is 21.0. The summed E-state index contributed by atoms with van der Waals surface area (Å²) in [6, 6.07) is 3.28. The van der Waals surface area contributed by atoms with Crippen LogP contribution in [0.25, 0.3) is 0 Å². The second kappa shape index (κ2) is 15.7. The molecule has 0 radical (unpaired) electrons. The predicted molar refractivity (Wildman–Crippen MR) is 230 cm³/mol. The molecule has 2 amide bonds. The molecule has 18 heteroatoms. The number of nitrogens with zero attached hydrogens (tertiary/aromatic N) is 2. The van der Waals surface area contributed by atoms with E-state index >= 15 is 0 Å². The van der Waals surface area contributed by atoms with Gasteiger partial charge in [-0.25, -0.2) is 0 Å². The van der Waals surface area contributed by atoms with Crippen LogP contribution >= 0.6 is 0 Å². The molecular weight excluding hydrogens is 857 g/mol. The Bertz CT molecular complexity index is 2720. The minimum absolute atomic E-state index is 0.0472. The Morgan fingerprint density at radius 1 is 0.621 bits per heavy atom. The number of rotatable bonds is 5. The van der Waals surface area contributed by atoms with Crippen molar-refractivity contribution in [3.63, 3.8) is 0 Å². The van der Waals surface area contributed by atoms with E-state index in [-0.39, 0.29) is 60.8 Å². The molecule has 12 N–H and O–H groups in total. The first kappa shape index (κ1) is 45.4. The number of hydrogen-bond acceptors (Lipinski definition) is 16. The largest absolute Gasteiger partial charge is 0.510 e. The third-order valence-corrected chi connectivity index (χ3v) is 14.0. The minimum atomic E-state index is -2.77. The Morgan fingerprint density at radius 3 is 1.29 bits per heavy atom. The number of hydrogen-bond donors (Lipinski definition) is 10. The van der Waals surface area contributed by atoms with Gasteiger partial charge in [-0.15, -0.1) is 0 Å². The fourth-order valence-electron chi connectivity index (χ4n) is 11.2. The fraction of sp³-hybridized carbons (Fsp3) is 0.375. The standard InChI is InChI=1S/C48H46N4O14/c1-51(2)35-25-17-21-15-23-19(11-13-27(53)31(23)37(55)29(21)41(59)47(25,65)43(61)33(39(35)57)45(49)63)9-7-5-6-8-10-20-12-14-28(54)32-24(20)16-22-18-26-36(52(3)4)40(58)34(46(50)64)44(62)48(26,66)42(60)30(22)38(32)56/h11-14,21-22,25-26,35-36,53-54,57-60,65-66H,5-6,15-18H2,1-4H3,(H2,49,63)(H2,50,64)/t21-,22-,25-,26-,35-,36-,47-,48-/m0/s1. The molecule has 2 aromatic carbocycles. The summed E-state index contributed by atoms with van der Waals surface area (Å²) in [6.07, 6.45) is 0.321. The number of allylic oxidation sites excluding steroid dienone is 2. The highest BCUT2D eigenvalue weighted by Gasteiger charge is 2.65. The van der Waals surface area contributed by atoms with Crippen molar-refractivity contribution in [1.29, 1.82) is 0 Å². The molecule has 6 aliphatic carbocycles. The van der Waals surface area contributed by atoms with Crippen LogP contribution < -0.4 is 11.5 Å². The molecule has 0 saturated carbocycles. The first-order valence-corrected chi connectivity index (χ1v) is 21.0. The van der Waals surface area contributed by atoms with Gasteiger partial charge >= 0.3 is 0 Å². The van der Waals surface area contributed by atoms with Crippen molar-refractivity contribution in [3.05, 3.63) is 103 Å². The Hall–Kier alpha value is -7.22. The van der Waals surface area contributed by atoms with E-state index in [2.05, 4.69) is 23.7 Å². The molecular formula is C48H46N4O14. The van der Waals surface area contributed by atoms with E-state index < -0.39 is 128 Å². The second-order valence-corrected chi connectivity index (χ2v) is 18.0. The van der Waals surface area contributed by atoms with Crippen molar-refractivity contribution in [3.8, 4) is 35.2 Å². The number of amides is 2. The smallest absolute Gasteiger partial charge is 0.255 e. The van der Waals surface area contributed by atoms with Gasteiger partial charge in [-0.1, -0.05) is 23.7 Å². The van der Waals surface area contributed by atoms with E-state index in [0.29, 0.717) is 22.3 Å². The number of aliphatic hydroxyl groups is 6. The molecule has 6 aliphatic rings. The van der Waals surface area contributed by atoms with Crippen LogP contribution in [0.2, 0.25) is 0 Å². The number of carbonyl (C=O) groups is 6. The average molecular weight is 903 g/mol. The molecule has 0 aromatic heterocycles. The lowest BCUT2D eigenvalue weighted by molar-refractivity contribution is -0.149. The van der Waals surface area contributed by atoms with Crippen LogP contribution in [0.15, 0.2) is 69.6 Å². The van der Waals surface area contributed by atoms with Crippen LogP contribution in [-0.4, -0.2) is 137 Å². The minimum Gasteiger partial charge on any atom is -0.510 e. The number of phenolic OH excluding ortho intramolecular Hbond substituents is 2. The summed E-state index contributed by atoms with van der Waals surface area (Å²) < 4.78 is 0. The monoisotopic (exact) mass is 902 g/mol. The normalized spacial score (nSPS) is 29.0. The molecule has 8 atom stereocenters. The average Bonchev–Trinajstić information content (AvgIpc) is 3.22. The highest BCUT2D eigenvalue weighted by Crippen LogP contribution is 2.54. The van der Waals surface area contributed by atoms with Crippen LogP contribution in [-0.2, 0) is 32.0 Å². The summed E-state index contributed by atoms with van der Waals surface area (Å²) in [5, 5.41) is 90.7. The number of benzene rings is 2. The van der Waals surface area contributed by atoms with E-state index in [4.69, 9.17) is 11.5 Å². The number of fused-ring (bicyclic) bond motifs is 6. The van der Waals surface area contributed by atoms with E-state index in [9.17, 15) is 69.6 Å². The highest BCUT2D eigenvalue weighted by molar-refractivity contribution is 6.26. The molecule has 0 heterocycles. The Morgan fingerprint density at radius 2 is 0.970 bits per heavy atom. The lowest BCUT2D eigenvalue weighted by Crippen LogP contribution is -2.63. The zero-order valence-electron chi connectivity index (χ0n) is 36.1. The number of Topliss-reactive ketones (excluding diaryl/α,β-unsaturated/α-hetero) is 4. The topological polar surface area (TPSA) is 323 Å². The van der Waals surface area contributed by atoms with Crippen LogP contribution in [0.4, 0.5) is 0 Å². The molecule has 0 fully saturated rings. The lowest BCUT2D eigenvalue weighted by atomic mass is 9.58. The highest BCUT2D eigenvalue weighted by atomic mass is 16.4. The molecule has 8 rings (SSSR count). The maximum Gasteiger partial charge on any atom is 0.255 e. The van der Waals surface area contributed by atoms with Gasteiger partial charge in [0.25, 0.3) is 11.8 Å². The van der Waals surface area contributed by atoms with Crippen molar-refractivity contribution in [2.75, 3.05) is 28.2 Å². The molecule has 0 bridgehead atoms. The Balaban J connectivity index is 1.06. The number of ketones is 4. The van der Waals surface area contributed by atoms with Gasteiger partial charge in [0.2, 0.25) is 11.6 Å². The molecule has 0 spiro atoms. The molecule has 18 nitrogen and oxygen atoms in total. The van der Waals surface area contributed by atoms with Gasteiger partial charge < -0.3 is 52.3 Å². The second-order valence-electron chi connectivity index (χ2n) is 18.0. The third-order valence-electron chi connectivity index (χ3n) is 14.0. The SMILES string of the molecule is CN(C)[C@@H]1C(O)=C(C(N)=O)C(=O)[C@@]2(O)C(O)=C3C(=O)c4c(O)ccc(C#CCCC#Cc5ccc(O)c6c5C[C@H]5C[C@H]7[C@H](N(C)C)C(O)=C(C(N)=O)C(=O)[C@@]7(O)C(O)=C5C6=O)c4C[C@H]3C[C@@H]12. The van der Waals surface area contributed by atoms with Gasteiger partial charge in [0.1, 0.15) is 45.7 Å². The van der Waals surface area contributed by atoms with Crippen molar-refractivity contribution >= 4 is 34.9 Å². The molecule has 0 aliphatic heterocycles. The van der Waals surface area contributed by atoms with Crippen molar-refractivity contribution in [2.24, 2.45) is 35.1 Å². The number of carbonyl (C=O) groups excluding carboxylic acids is 6. The summed E-state index contributed by atoms with van der Waals surface area (Å²) in [4.78, 5) is 82.8. The van der Waals surface area contributed by atoms with Gasteiger partial charge in [0, 0.05) is 47.0 Å². The Kier molecular flexibility index (Phi) is 10.8. The van der Waals surface area contributed by atoms with E-state index in [1.54, 1.807) is 0 Å². The first-order chi connectivity index (χ1) is 31.0. The number of phenols is 2. The summed E-state index contributed by atoms with van der Waals surface area (Å²) >= 11 is 0. The maximum atomic E-state index is 14.1. The number of aliphatic hydroxyl groups excluding tert-OH is 4. The number of nitrogens with two attached hydrogens (primary N) is 2. The van der Waals surface area contributed by atoms with Gasteiger partial charge in [-0.05, 0) is 101 Å². The summed E-state index contributed by atoms with van der Waals surface area (Å²) in [7, 11) is 6.16. The lowest BCUT2D eigenvalue weighted by Gasteiger charge is -2.50. The number of primary amides is 2. The van der Waals surface area contributed by atoms with Crippen LogP contribution in [0.1, 0.15) is 68.7 Å². The maximum absolute atomic E-state index is 14.1. The zero-order chi connectivity index (χ0) is 48.2. The number of likely N-dealkylation sites (N-methyl/N-ethyl adjacent to an activating group) is 2. The molecule has 66 heavy (non-hydrogen) atoms. The van der Waals surface area contributed by atoms with Crippen molar-refractivity contribution in [2.45, 2.75) is 61.8 Å². The van der Waals surface area contributed by atoms with Crippen molar-refractivity contribution < 1.29 is 69.6 Å². The van der Waals surface area contributed by atoms with Crippen LogP contribution in [0, 0.1) is 47.4 Å². The van der Waals surface area contributed by atoms with Crippen molar-refractivity contribution in [1.82, 2.24) is 9.80 Å². The summed E-state index contributed by atoms with van der Waals surface area (Å²) in [5.74, 6) is -3.04. The van der Waals surface area contributed by atoms with E-state index in [1.807, 2.05) is 0 Å². The van der Waals surface area contributed by atoms with E-state index in [0.717, 1.165) is 0 Å². The molecule has 342 valence electrons.